The van der Waals surface area contributed by atoms with Crippen LogP contribution < -0.4 is 0 Å². The van der Waals surface area contributed by atoms with Gasteiger partial charge in [0.05, 0.1) is 33.8 Å². The van der Waals surface area contributed by atoms with Gasteiger partial charge < -0.3 is 20.3 Å². The Balaban J connectivity index is 0.000000243. The Morgan fingerprint density at radius 3 is 0.980 bits per heavy atom. The molecule has 0 unspecified atom stereocenters. The first kappa shape index (κ1) is 124. The third-order valence-corrected chi connectivity index (χ3v) is 26.3. The number of hydrogen-bond acceptors (Lipinski definition) is 10. The van der Waals surface area contributed by atoms with Crippen LogP contribution in [0.4, 0.5) is 0 Å². The molecule has 0 saturated heterocycles. The van der Waals surface area contributed by atoms with E-state index < -0.39 is 0 Å². The van der Waals surface area contributed by atoms with Gasteiger partial charge in [-0.15, -0.1) is 141 Å². The molecular weight excluding hydrogens is 2520 g/mol. The zero-order valence-corrected chi connectivity index (χ0v) is 103. The van der Waals surface area contributed by atoms with Crippen LogP contribution in [0, 0.1) is 114 Å². The van der Waals surface area contributed by atoms with Crippen molar-refractivity contribution in [2.24, 2.45) is 41.4 Å². The molecule has 0 aliphatic heterocycles. The molecule has 0 bridgehead atoms. The number of rotatable bonds is 21. The van der Waals surface area contributed by atoms with Crippen LogP contribution in [0.1, 0.15) is 293 Å². The monoisotopic (exact) mass is 2680 g/mol. The molecule has 784 valence electrons. The van der Waals surface area contributed by atoms with Gasteiger partial charge in [-0.2, -0.15) is 0 Å². The predicted octanol–water partition coefficient (Wildman–Crippen LogP) is 34.8. The zero-order chi connectivity index (χ0) is 105. The van der Waals surface area contributed by atoms with Crippen LogP contribution in [0.2, 0.25) is 0 Å². The van der Waals surface area contributed by atoms with Crippen LogP contribution in [0.3, 0.4) is 0 Å². The molecule has 3 aliphatic rings. The number of pyridine rings is 4. The van der Waals surface area contributed by atoms with Gasteiger partial charge in [0.1, 0.15) is 0 Å². The first-order valence-electron chi connectivity index (χ1n) is 51.6. The Morgan fingerprint density at radius 1 is 0.340 bits per heavy atom. The standard InChI is InChI=1S/C31H32N.2C30H30N.C15H16N.2C11H20O2.C5H8O2.4Ir/c1-18(2)10-22-15-29(23-12-20(4)11-21(5)13-23)32-30-17-28-26(16-25(22)30)24-9-8-19(3)14-27(24)31(28,6)7;2*1-18(2)11-21-15-28(22-13-19(3)12-20(4)14-22)31-29-17-27-25(16-24(21)29)23-9-7-8-10-26(23)30(27,5)6;1-15(2,3)13-9-10-16-14(11-13)12-7-5-4-6-8-12;2*1-8(2)5-10(12)7-11(13)6-9(3)4;1-4(6)3-5(2)7;;;;/h8-9,11-12,14-18H,10H2,1-7H3;2*7-10,12-13,15-18H,11H2,1-6H3;4-7,9-11H,1-3H3;2*7-9,12H,5-6H2,1-4H3;3,6H,1-2H3;;;;/q4*-1;;;;;;;. The second-order valence-electron chi connectivity index (χ2n) is 45.8. The van der Waals surface area contributed by atoms with Crippen molar-refractivity contribution >= 4 is 50.1 Å². The average Bonchev–Trinajstić information content (AvgIpc) is 1.57. The molecule has 10 aromatic carbocycles. The van der Waals surface area contributed by atoms with Gasteiger partial charge in [0.15, 0.2) is 17.3 Å². The van der Waals surface area contributed by atoms with Crippen molar-refractivity contribution in [1.82, 2.24) is 19.9 Å². The van der Waals surface area contributed by atoms with Crippen LogP contribution in [0.5, 0.6) is 0 Å². The van der Waals surface area contributed by atoms with Crippen molar-refractivity contribution in [2.75, 3.05) is 0 Å². The van der Waals surface area contributed by atoms with Gasteiger partial charge in [-0.1, -0.05) is 297 Å². The third-order valence-electron chi connectivity index (χ3n) is 26.3. The predicted molar refractivity (Wildman–Crippen MR) is 603 cm³/mol. The van der Waals surface area contributed by atoms with Gasteiger partial charge in [-0.25, -0.2) is 0 Å². The van der Waals surface area contributed by atoms with E-state index in [2.05, 4.69) is 351 Å². The maximum absolute atomic E-state index is 11.2. The van der Waals surface area contributed by atoms with Crippen molar-refractivity contribution < 1.29 is 110 Å². The number of carbonyl (C=O) groups excluding carboxylic acids is 3. The number of ketones is 3. The molecule has 4 radical (unpaired) electrons. The molecule has 14 heteroatoms. The molecule has 3 aliphatic carbocycles. The molecule has 14 aromatic rings. The zero-order valence-electron chi connectivity index (χ0n) is 93.0. The average molecular weight is 2680 g/mol. The van der Waals surface area contributed by atoms with Crippen molar-refractivity contribution in [3.63, 3.8) is 0 Å². The minimum absolute atomic E-state index is 0. The summed E-state index contributed by atoms with van der Waals surface area (Å²) >= 11 is 0. The van der Waals surface area contributed by atoms with E-state index in [1.807, 2.05) is 85.9 Å². The molecule has 0 saturated carbocycles. The van der Waals surface area contributed by atoms with Crippen molar-refractivity contribution in [2.45, 2.75) is 288 Å². The van der Waals surface area contributed by atoms with Crippen LogP contribution in [0.15, 0.2) is 236 Å². The van der Waals surface area contributed by atoms with E-state index in [0.717, 1.165) is 97.5 Å². The second kappa shape index (κ2) is 53.5. The molecule has 4 heterocycles. The maximum atomic E-state index is 11.2. The molecule has 3 N–H and O–H groups in total. The summed E-state index contributed by atoms with van der Waals surface area (Å²) in [4.78, 5) is 52.4. The van der Waals surface area contributed by atoms with Crippen LogP contribution in [-0.2, 0) is 136 Å². The summed E-state index contributed by atoms with van der Waals surface area (Å²) in [5, 5.41) is 30.9. The molecule has 17 rings (SSSR count). The fraction of sp³-hybridized carbons (Fsp3) is 0.376. The van der Waals surface area contributed by atoms with Crippen LogP contribution in [-0.4, -0.2) is 52.6 Å². The topological polar surface area (TPSA) is 163 Å². The van der Waals surface area contributed by atoms with Crippen LogP contribution >= 0.6 is 0 Å². The van der Waals surface area contributed by atoms with Gasteiger partial charge in [0.2, 0.25) is 0 Å². The fourth-order valence-electron chi connectivity index (χ4n) is 20.1. The minimum atomic E-state index is -0.125. The van der Waals surface area contributed by atoms with Gasteiger partial charge in [-0.3, -0.25) is 29.3 Å². The van der Waals surface area contributed by atoms with Crippen LogP contribution in [0.25, 0.3) is 111 Å². The van der Waals surface area contributed by atoms with Crippen molar-refractivity contribution in [3.05, 3.63) is 355 Å². The van der Waals surface area contributed by atoms with Gasteiger partial charge in [-0.05, 0) is 241 Å². The van der Waals surface area contributed by atoms with Gasteiger partial charge >= 0.3 is 0 Å². The number of fused-ring (bicyclic) bond motifs is 12. The Morgan fingerprint density at radius 2 is 0.673 bits per heavy atom. The summed E-state index contributed by atoms with van der Waals surface area (Å²) in [7, 11) is 0. The van der Waals surface area contributed by atoms with Crippen molar-refractivity contribution in [3.8, 4) is 78.4 Å². The number of carbonyl (C=O) groups is 3. The van der Waals surface area contributed by atoms with E-state index in [-0.39, 0.29) is 137 Å². The Hall–Kier alpha value is -10.2. The molecule has 0 fully saturated rings. The molecule has 0 spiro atoms. The number of benzene rings is 10. The SMILES string of the molecule is CC(=O)C=C(C)O.CC(C)(C)c1ccnc(-c2[c-]cccc2)c1.CC(C)CC(=O)C=C(O)CC(C)C.CC(C)CC(=O)C=C(O)CC(C)C.Cc1[c-]c(-c2cc(CC(C)C)c3cc4c(cc3n2)C(C)(C)c2cc(C)ccc2-4)cc(C)c1.Cc1[c-]c(-c2cc(CC(C)C)c3cc4c(cc3n2)C(C)(C)c2ccccc2-4)cc(C)c1.Cc1[c-]c(-c2cc(CC(C)C)c3cc4c(cc3n2)C(C)(C)c2ccccc2-4)cc(C)c1.[Ir].[Ir].[Ir].[Ir]. The van der Waals surface area contributed by atoms with E-state index in [1.54, 1.807) is 0 Å². The summed E-state index contributed by atoms with van der Waals surface area (Å²) in [5.74, 6) is 3.64. The van der Waals surface area contributed by atoms with E-state index in [9.17, 15) is 24.6 Å². The van der Waals surface area contributed by atoms with E-state index in [1.165, 1.54) is 160 Å². The minimum Gasteiger partial charge on any atom is -0.512 e. The Kier molecular flexibility index (Phi) is 45.0. The first-order valence-corrected chi connectivity index (χ1v) is 51.6. The van der Waals surface area contributed by atoms with Crippen molar-refractivity contribution in [1.29, 1.82) is 0 Å². The molecule has 147 heavy (non-hydrogen) atoms. The number of nitrogens with zero attached hydrogens (tertiary/aromatic N) is 4. The molecule has 10 nitrogen and oxygen atoms in total. The van der Waals surface area contributed by atoms with E-state index in [0.29, 0.717) is 67.1 Å². The number of aliphatic hydroxyl groups is 3. The number of allylic oxidation sites excluding steroid dienone is 6. The molecule has 0 amide bonds. The largest absolute Gasteiger partial charge is 0.512 e. The number of aliphatic hydroxyl groups excluding tert-OH is 3. The van der Waals surface area contributed by atoms with Gasteiger partial charge in [0, 0.05) is 163 Å². The number of aryl methyl sites for hydroxylation is 7. The molecular formula is C133H156Ir4N4O6-4. The molecule has 4 aromatic heterocycles. The maximum Gasteiger partial charge on any atom is 0.159 e. The second-order valence-corrected chi connectivity index (χ2v) is 45.8. The number of hydrogen-bond donors (Lipinski definition) is 3. The normalized spacial score (nSPS) is 13.1. The first-order chi connectivity index (χ1) is 67.1. The van der Waals surface area contributed by atoms with E-state index in [4.69, 9.17) is 20.1 Å². The number of aromatic nitrogens is 4. The fourth-order valence-corrected chi connectivity index (χ4v) is 20.1. The summed E-state index contributed by atoms with van der Waals surface area (Å²) in [5.41, 5.74) is 42.4. The summed E-state index contributed by atoms with van der Waals surface area (Å²) in [6.07, 6.45) is 11.1. The summed E-state index contributed by atoms with van der Waals surface area (Å²) in [6, 6.07) is 84.8. The molecule has 0 atom stereocenters. The quantitative estimate of drug-likeness (QED) is 0.0358. The summed E-state index contributed by atoms with van der Waals surface area (Å²) in [6.45, 7) is 68.2. The van der Waals surface area contributed by atoms with E-state index >= 15 is 0 Å². The summed E-state index contributed by atoms with van der Waals surface area (Å²) < 4.78 is 0. The Labute approximate surface area is 934 Å². The Bertz CT molecular complexity index is 6760. The third kappa shape index (κ3) is 32.7. The van der Waals surface area contributed by atoms with Gasteiger partial charge in [0.25, 0.3) is 0 Å². The smallest absolute Gasteiger partial charge is 0.159 e.